The van der Waals surface area contributed by atoms with Gasteiger partial charge in [-0.1, -0.05) is 20.8 Å². The van der Waals surface area contributed by atoms with Crippen LogP contribution in [0.25, 0.3) is 0 Å². The number of nitrogens with zero attached hydrogens (tertiary/aromatic N) is 1. The van der Waals surface area contributed by atoms with Gasteiger partial charge in [-0.05, 0) is 21.3 Å². The minimum Gasteiger partial charge on any atom is -0.357 e. The summed E-state index contributed by atoms with van der Waals surface area (Å²) in [5, 5.41) is 6.22. The SMILES string of the molecule is CC(C)(C)C(CN)Nc1nc(Br)cs1. The van der Waals surface area contributed by atoms with Gasteiger partial charge in [0.25, 0.3) is 0 Å². The van der Waals surface area contributed by atoms with E-state index in [0.717, 1.165) is 9.73 Å². The molecule has 1 heterocycles. The number of rotatable bonds is 3. The van der Waals surface area contributed by atoms with Gasteiger partial charge in [0.2, 0.25) is 0 Å². The molecule has 5 heteroatoms. The fourth-order valence-electron chi connectivity index (χ4n) is 1.10. The molecule has 0 saturated heterocycles. The standard InChI is InChI=1S/C9H16BrN3S/c1-9(2,3)6(4-11)12-8-13-7(10)5-14-8/h5-6H,4,11H2,1-3H3,(H,12,13). The lowest BCUT2D eigenvalue weighted by Crippen LogP contribution is -2.40. The molecule has 0 saturated carbocycles. The molecule has 1 rings (SSSR count). The van der Waals surface area contributed by atoms with Crippen molar-refractivity contribution in [1.82, 2.24) is 4.98 Å². The highest BCUT2D eigenvalue weighted by atomic mass is 79.9. The van der Waals surface area contributed by atoms with E-state index in [-0.39, 0.29) is 11.5 Å². The highest BCUT2D eigenvalue weighted by molar-refractivity contribution is 9.10. The average Bonchev–Trinajstić information content (AvgIpc) is 2.45. The van der Waals surface area contributed by atoms with Crippen LogP contribution in [0, 0.1) is 5.41 Å². The van der Waals surface area contributed by atoms with E-state index in [4.69, 9.17) is 5.73 Å². The molecule has 0 radical (unpaired) electrons. The molecule has 1 atom stereocenters. The van der Waals surface area contributed by atoms with E-state index < -0.39 is 0 Å². The first-order chi connectivity index (χ1) is 6.43. The molecule has 1 unspecified atom stereocenters. The van der Waals surface area contributed by atoms with Crippen molar-refractivity contribution in [1.29, 1.82) is 0 Å². The predicted octanol–water partition coefficient (Wildman–Crippen LogP) is 2.69. The third-order valence-electron chi connectivity index (χ3n) is 2.05. The zero-order valence-electron chi connectivity index (χ0n) is 8.67. The molecule has 3 N–H and O–H groups in total. The van der Waals surface area contributed by atoms with E-state index in [2.05, 4.69) is 47.0 Å². The molecule has 0 amide bonds. The highest BCUT2D eigenvalue weighted by Crippen LogP contribution is 2.25. The number of aromatic nitrogens is 1. The van der Waals surface area contributed by atoms with Gasteiger partial charge in [-0.25, -0.2) is 4.98 Å². The van der Waals surface area contributed by atoms with Crippen molar-refractivity contribution in [2.45, 2.75) is 26.8 Å². The van der Waals surface area contributed by atoms with Gasteiger partial charge in [-0.2, -0.15) is 0 Å². The second-order valence-corrected chi connectivity index (χ2v) is 5.94. The zero-order valence-corrected chi connectivity index (χ0v) is 11.1. The molecular weight excluding hydrogens is 262 g/mol. The number of anilines is 1. The predicted molar refractivity (Wildman–Crippen MR) is 65.7 cm³/mol. The van der Waals surface area contributed by atoms with Gasteiger partial charge >= 0.3 is 0 Å². The van der Waals surface area contributed by atoms with E-state index >= 15 is 0 Å². The van der Waals surface area contributed by atoms with Crippen LogP contribution < -0.4 is 11.1 Å². The van der Waals surface area contributed by atoms with Crippen LogP contribution in [0.5, 0.6) is 0 Å². The van der Waals surface area contributed by atoms with E-state index in [9.17, 15) is 0 Å². The van der Waals surface area contributed by atoms with Crippen molar-refractivity contribution < 1.29 is 0 Å². The smallest absolute Gasteiger partial charge is 0.184 e. The molecule has 0 bridgehead atoms. The Morgan fingerprint density at radius 2 is 2.29 bits per heavy atom. The molecule has 0 fully saturated rings. The number of nitrogens with two attached hydrogens (primary N) is 1. The summed E-state index contributed by atoms with van der Waals surface area (Å²) in [7, 11) is 0. The second kappa shape index (κ2) is 4.59. The van der Waals surface area contributed by atoms with E-state index in [1.165, 1.54) is 0 Å². The molecular formula is C9H16BrN3S. The maximum atomic E-state index is 5.72. The van der Waals surface area contributed by atoms with Gasteiger partial charge in [-0.3, -0.25) is 0 Å². The topological polar surface area (TPSA) is 50.9 Å². The lowest BCUT2D eigenvalue weighted by atomic mass is 9.87. The van der Waals surface area contributed by atoms with Gasteiger partial charge in [0, 0.05) is 18.0 Å². The summed E-state index contributed by atoms with van der Waals surface area (Å²) >= 11 is 4.91. The van der Waals surface area contributed by atoms with Gasteiger partial charge in [0.1, 0.15) is 4.60 Å². The largest absolute Gasteiger partial charge is 0.357 e. The molecule has 0 aliphatic heterocycles. The van der Waals surface area contributed by atoms with Crippen molar-refractivity contribution in [2.75, 3.05) is 11.9 Å². The Bertz CT molecular complexity index is 292. The maximum absolute atomic E-state index is 5.72. The monoisotopic (exact) mass is 277 g/mol. The van der Waals surface area contributed by atoms with Crippen LogP contribution in [0.15, 0.2) is 9.98 Å². The van der Waals surface area contributed by atoms with Gasteiger partial charge < -0.3 is 11.1 Å². The first kappa shape index (κ1) is 11.9. The van der Waals surface area contributed by atoms with E-state index in [1.807, 2.05) is 5.38 Å². The Morgan fingerprint density at radius 3 is 2.64 bits per heavy atom. The second-order valence-electron chi connectivity index (χ2n) is 4.27. The highest BCUT2D eigenvalue weighted by Gasteiger charge is 2.23. The number of nitrogens with one attached hydrogen (secondary N) is 1. The molecule has 0 spiro atoms. The third kappa shape index (κ3) is 3.22. The summed E-state index contributed by atoms with van der Waals surface area (Å²) in [6.07, 6.45) is 0. The maximum Gasteiger partial charge on any atom is 0.184 e. The Balaban J connectivity index is 2.66. The molecule has 14 heavy (non-hydrogen) atoms. The molecule has 1 aromatic heterocycles. The number of hydrogen-bond donors (Lipinski definition) is 2. The van der Waals surface area contributed by atoms with Crippen LogP contribution >= 0.6 is 27.3 Å². The van der Waals surface area contributed by atoms with E-state index in [1.54, 1.807) is 11.3 Å². The lowest BCUT2D eigenvalue weighted by Gasteiger charge is -2.30. The number of thiazole rings is 1. The number of halogens is 1. The van der Waals surface area contributed by atoms with Crippen molar-refractivity contribution in [3.8, 4) is 0 Å². The Hall–Kier alpha value is -0.130. The summed E-state index contributed by atoms with van der Waals surface area (Å²) in [6, 6.07) is 0.251. The minimum absolute atomic E-state index is 0.146. The van der Waals surface area contributed by atoms with Gasteiger partial charge in [0.05, 0.1) is 0 Å². The molecule has 0 aliphatic carbocycles. The quantitative estimate of drug-likeness (QED) is 0.893. The Labute approximate surface area is 97.2 Å². The first-order valence-electron chi connectivity index (χ1n) is 4.51. The zero-order chi connectivity index (χ0) is 10.8. The summed E-state index contributed by atoms with van der Waals surface area (Å²) in [6.45, 7) is 7.11. The van der Waals surface area contributed by atoms with Crippen molar-refractivity contribution >= 4 is 32.4 Å². The lowest BCUT2D eigenvalue weighted by molar-refractivity contribution is 0.346. The molecule has 80 valence electrons. The first-order valence-corrected chi connectivity index (χ1v) is 6.18. The van der Waals surface area contributed by atoms with Crippen LogP contribution in [0.4, 0.5) is 5.13 Å². The van der Waals surface area contributed by atoms with Gasteiger partial charge in [-0.15, -0.1) is 11.3 Å². The fraction of sp³-hybridized carbons (Fsp3) is 0.667. The molecule has 1 aromatic rings. The van der Waals surface area contributed by atoms with Crippen LogP contribution in [0.2, 0.25) is 0 Å². The summed E-state index contributed by atoms with van der Waals surface area (Å²) in [4.78, 5) is 4.28. The summed E-state index contributed by atoms with van der Waals surface area (Å²) < 4.78 is 0.870. The van der Waals surface area contributed by atoms with Crippen molar-refractivity contribution in [3.05, 3.63) is 9.98 Å². The normalized spacial score (nSPS) is 14.1. The Kier molecular flexibility index (Phi) is 3.92. The minimum atomic E-state index is 0.146. The average molecular weight is 278 g/mol. The Morgan fingerprint density at radius 1 is 1.64 bits per heavy atom. The molecule has 3 nitrogen and oxygen atoms in total. The summed E-state index contributed by atoms with van der Waals surface area (Å²) in [5.41, 5.74) is 5.86. The van der Waals surface area contributed by atoms with Gasteiger partial charge in [0.15, 0.2) is 5.13 Å². The number of hydrogen-bond acceptors (Lipinski definition) is 4. The van der Waals surface area contributed by atoms with Crippen LogP contribution in [0.1, 0.15) is 20.8 Å². The van der Waals surface area contributed by atoms with Crippen LogP contribution in [-0.2, 0) is 0 Å². The van der Waals surface area contributed by atoms with E-state index in [0.29, 0.717) is 6.54 Å². The van der Waals surface area contributed by atoms with Crippen LogP contribution in [0.3, 0.4) is 0 Å². The van der Waals surface area contributed by atoms with Crippen molar-refractivity contribution in [3.63, 3.8) is 0 Å². The molecule has 0 aromatic carbocycles. The third-order valence-corrected chi connectivity index (χ3v) is 3.54. The van der Waals surface area contributed by atoms with Crippen molar-refractivity contribution in [2.24, 2.45) is 11.1 Å². The molecule has 0 aliphatic rings. The summed E-state index contributed by atoms with van der Waals surface area (Å²) in [5.74, 6) is 0. The fourth-order valence-corrected chi connectivity index (χ4v) is 2.30. The van der Waals surface area contributed by atoms with Crippen LogP contribution in [-0.4, -0.2) is 17.6 Å².